The molecular weight excluding hydrogens is 310 g/mol. The van der Waals surface area contributed by atoms with E-state index in [0.717, 1.165) is 5.56 Å². The van der Waals surface area contributed by atoms with Crippen LogP contribution in [0.25, 0.3) is 5.65 Å². The Hall–Kier alpha value is -2.81. The Morgan fingerprint density at radius 2 is 2.21 bits per heavy atom. The molecule has 3 aromatic heterocycles. The van der Waals surface area contributed by atoms with Crippen LogP contribution in [-0.4, -0.2) is 46.9 Å². The molecule has 0 unspecified atom stereocenters. The molecule has 1 atom stereocenters. The van der Waals surface area contributed by atoms with Crippen LogP contribution in [0.1, 0.15) is 34.8 Å². The maximum Gasteiger partial charge on any atom is 0.253 e. The van der Waals surface area contributed by atoms with Gasteiger partial charge in [0.1, 0.15) is 0 Å². The fourth-order valence-corrected chi connectivity index (χ4v) is 3.08. The fourth-order valence-electron chi connectivity index (χ4n) is 3.08. The van der Waals surface area contributed by atoms with Crippen LogP contribution >= 0.6 is 0 Å². The van der Waals surface area contributed by atoms with Crippen molar-refractivity contribution in [3.63, 3.8) is 0 Å². The van der Waals surface area contributed by atoms with E-state index in [1.807, 2.05) is 13.2 Å². The molecule has 1 aliphatic rings. The number of fused-ring (bicyclic) bond motifs is 1. The van der Waals surface area contributed by atoms with Crippen LogP contribution < -0.4 is 5.32 Å². The van der Waals surface area contributed by atoms with E-state index in [-0.39, 0.29) is 24.0 Å². The summed E-state index contributed by atoms with van der Waals surface area (Å²) in [6.07, 6.45) is 6.29. The molecule has 1 saturated carbocycles. The normalized spacial score (nSPS) is 21.4. The summed E-state index contributed by atoms with van der Waals surface area (Å²) in [5, 5.41) is 28.0. The summed E-state index contributed by atoms with van der Waals surface area (Å²) in [6.45, 7) is 0. The average molecular weight is 327 g/mol. The number of nitrogens with zero attached hydrogens (tertiary/aromatic N) is 6. The molecule has 1 fully saturated rings. The van der Waals surface area contributed by atoms with Crippen molar-refractivity contribution in [3.8, 4) is 0 Å². The van der Waals surface area contributed by atoms with Crippen LogP contribution in [0.15, 0.2) is 30.7 Å². The molecule has 4 rings (SSSR count). The summed E-state index contributed by atoms with van der Waals surface area (Å²) in [4.78, 5) is 12.6. The number of nitrogens with one attached hydrogen (secondary N) is 1. The standard InChI is InChI=1S/C15H17N7O2/c1-21-7-11(6-16-21)14(10-4-12(23)5-10)17-15(24)9-2-3-13-18-19-20-22(13)8-9/h2-3,6-8,10,12,14,23H,4-5H2,1H3,(H,17,24)/t10?,12?,14-/m1/s1. The number of rotatable bonds is 4. The lowest BCUT2D eigenvalue weighted by molar-refractivity contribution is 0.0235. The van der Waals surface area contributed by atoms with Gasteiger partial charge in [0.25, 0.3) is 5.91 Å². The number of aliphatic hydroxyl groups is 1. The molecule has 2 N–H and O–H groups in total. The topological polar surface area (TPSA) is 110 Å². The number of carbonyl (C=O) groups excluding carboxylic acids is 1. The van der Waals surface area contributed by atoms with E-state index in [9.17, 15) is 9.90 Å². The minimum Gasteiger partial charge on any atom is -0.393 e. The molecule has 1 aliphatic carbocycles. The second-order valence-electron chi connectivity index (χ2n) is 6.18. The number of aryl methyl sites for hydroxylation is 1. The van der Waals surface area contributed by atoms with Crippen LogP contribution in [0.5, 0.6) is 0 Å². The van der Waals surface area contributed by atoms with Crippen molar-refractivity contribution in [3.05, 3.63) is 41.9 Å². The highest BCUT2D eigenvalue weighted by atomic mass is 16.3. The van der Waals surface area contributed by atoms with Gasteiger partial charge in [0.15, 0.2) is 5.65 Å². The van der Waals surface area contributed by atoms with Gasteiger partial charge in [-0.2, -0.15) is 9.61 Å². The Morgan fingerprint density at radius 1 is 1.38 bits per heavy atom. The lowest BCUT2D eigenvalue weighted by atomic mass is 9.75. The molecule has 24 heavy (non-hydrogen) atoms. The molecule has 9 heteroatoms. The smallest absolute Gasteiger partial charge is 0.253 e. The van der Waals surface area contributed by atoms with Crippen LogP contribution in [0.4, 0.5) is 0 Å². The molecule has 1 amide bonds. The summed E-state index contributed by atoms with van der Waals surface area (Å²) in [6, 6.07) is 3.21. The Balaban J connectivity index is 1.58. The number of hydrogen-bond donors (Lipinski definition) is 2. The van der Waals surface area contributed by atoms with Crippen molar-refractivity contribution in [1.82, 2.24) is 35.1 Å². The Morgan fingerprint density at radius 3 is 2.92 bits per heavy atom. The van der Waals surface area contributed by atoms with Gasteiger partial charge in [0, 0.05) is 25.0 Å². The number of amides is 1. The minimum absolute atomic E-state index is 0.181. The molecule has 9 nitrogen and oxygen atoms in total. The van der Waals surface area contributed by atoms with E-state index in [0.29, 0.717) is 24.1 Å². The summed E-state index contributed by atoms with van der Waals surface area (Å²) in [7, 11) is 1.84. The minimum atomic E-state index is -0.288. The maximum absolute atomic E-state index is 12.6. The second-order valence-corrected chi connectivity index (χ2v) is 6.18. The van der Waals surface area contributed by atoms with Crippen LogP contribution in [0, 0.1) is 5.92 Å². The van der Waals surface area contributed by atoms with Gasteiger partial charge in [-0.05, 0) is 41.3 Å². The van der Waals surface area contributed by atoms with E-state index < -0.39 is 0 Å². The number of tetrazole rings is 1. The highest BCUT2D eigenvalue weighted by Crippen LogP contribution is 2.38. The van der Waals surface area contributed by atoms with E-state index in [1.54, 1.807) is 29.2 Å². The zero-order chi connectivity index (χ0) is 16.7. The number of pyridine rings is 1. The summed E-state index contributed by atoms with van der Waals surface area (Å²) in [5.41, 5.74) is 1.99. The van der Waals surface area contributed by atoms with Crippen LogP contribution in [0.2, 0.25) is 0 Å². The van der Waals surface area contributed by atoms with E-state index in [1.165, 1.54) is 4.52 Å². The highest BCUT2D eigenvalue weighted by molar-refractivity contribution is 5.94. The van der Waals surface area contributed by atoms with E-state index >= 15 is 0 Å². The molecule has 0 aliphatic heterocycles. The zero-order valence-electron chi connectivity index (χ0n) is 13.1. The van der Waals surface area contributed by atoms with Gasteiger partial charge >= 0.3 is 0 Å². The lowest BCUT2D eigenvalue weighted by Gasteiger charge is -2.37. The molecule has 3 heterocycles. The summed E-state index contributed by atoms with van der Waals surface area (Å²) >= 11 is 0. The number of aliphatic hydroxyl groups excluding tert-OH is 1. The maximum atomic E-state index is 12.6. The lowest BCUT2D eigenvalue weighted by Crippen LogP contribution is -2.41. The van der Waals surface area contributed by atoms with Crippen molar-refractivity contribution in [1.29, 1.82) is 0 Å². The molecule has 0 spiro atoms. The van der Waals surface area contributed by atoms with Gasteiger partial charge in [-0.15, -0.1) is 5.10 Å². The first kappa shape index (κ1) is 14.8. The number of carbonyl (C=O) groups is 1. The van der Waals surface area contributed by atoms with E-state index in [2.05, 4.69) is 25.9 Å². The largest absolute Gasteiger partial charge is 0.393 e. The van der Waals surface area contributed by atoms with Gasteiger partial charge in [0.2, 0.25) is 0 Å². The third-order valence-corrected chi connectivity index (χ3v) is 4.45. The van der Waals surface area contributed by atoms with Crippen LogP contribution in [0.3, 0.4) is 0 Å². The summed E-state index contributed by atoms with van der Waals surface area (Å²) < 4.78 is 3.16. The average Bonchev–Trinajstić information content (AvgIpc) is 3.17. The number of aromatic nitrogens is 6. The monoisotopic (exact) mass is 327 g/mol. The molecule has 0 bridgehead atoms. The van der Waals surface area contributed by atoms with Crippen molar-refractivity contribution >= 4 is 11.6 Å². The third kappa shape index (κ3) is 2.62. The van der Waals surface area contributed by atoms with Crippen molar-refractivity contribution in [2.45, 2.75) is 25.0 Å². The Bertz CT molecular complexity index is 881. The second kappa shape index (κ2) is 5.68. The van der Waals surface area contributed by atoms with Crippen molar-refractivity contribution < 1.29 is 9.90 Å². The highest BCUT2D eigenvalue weighted by Gasteiger charge is 2.36. The molecule has 0 saturated heterocycles. The Labute approximate surface area is 137 Å². The fraction of sp³-hybridized carbons (Fsp3) is 0.400. The first-order valence-corrected chi connectivity index (χ1v) is 7.75. The quantitative estimate of drug-likeness (QED) is 0.703. The first-order chi connectivity index (χ1) is 11.6. The molecule has 0 radical (unpaired) electrons. The molecule has 124 valence electrons. The van der Waals surface area contributed by atoms with E-state index in [4.69, 9.17) is 0 Å². The first-order valence-electron chi connectivity index (χ1n) is 7.75. The van der Waals surface area contributed by atoms with Crippen molar-refractivity contribution in [2.24, 2.45) is 13.0 Å². The van der Waals surface area contributed by atoms with Gasteiger partial charge in [0.05, 0.1) is 23.9 Å². The van der Waals surface area contributed by atoms with Gasteiger partial charge < -0.3 is 10.4 Å². The SMILES string of the molecule is Cn1cc([C@H](NC(=O)c2ccc3nnnn3c2)C2CC(O)C2)cn1. The summed E-state index contributed by atoms with van der Waals surface area (Å²) in [5.74, 6) is -0.00689. The molecule has 0 aromatic carbocycles. The predicted molar refractivity (Wildman–Crippen MR) is 82.9 cm³/mol. The molecule has 3 aromatic rings. The van der Waals surface area contributed by atoms with Crippen LogP contribution in [-0.2, 0) is 7.05 Å². The van der Waals surface area contributed by atoms with Gasteiger partial charge in [-0.1, -0.05) is 0 Å². The third-order valence-electron chi connectivity index (χ3n) is 4.45. The van der Waals surface area contributed by atoms with Gasteiger partial charge in [-0.25, -0.2) is 0 Å². The number of hydrogen-bond acceptors (Lipinski definition) is 6. The van der Waals surface area contributed by atoms with Gasteiger partial charge in [-0.3, -0.25) is 9.48 Å². The Kier molecular flexibility index (Phi) is 3.49. The predicted octanol–water partition coefficient (Wildman–Crippen LogP) is 0.0998. The zero-order valence-corrected chi connectivity index (χ0v) is 13.1. The molecular formula is C15H17N7O2. The van der Waals surface area contributed by atoms with Crippen molar-refractivity contribution in [2.75, 3.05) is 0 Å².